The van der Waals surface area contributed by atoms with E-state index in [1.54, 1.807) is 32.5 Å². The number of amides is 2. The molecule has 8 heteroatoms. The van der Waals surface area contributed by atoms with Crippen LogP contribution in [0.25, 0.3) is 0 Å². The van der Waals surface area contributed by atoms with Gasteiger partial charge in [0.25, 0.3) is 12.1 Å². The van der Waals surface area contributed by atoms with Crippen LogP contribution in [0.4, 0.5) is 5.88 Å². The Bertz CT molecular complexity index is 562. The number of thioether (sulfide) groups is 1. The van der Waals surface area contributed by atoms with Crippen molar-refractivity contribution in [2.75, 3.05) is 22.6 Å². The number of nitrogens with zero attached hydrogens (tertiary/aromatic N) is 3. The highest BCUT2D eigenvalue weighted by Gasteiger charge is 2.43. The van der Waals surface area contributed by atoms with Gasteiger partial charge < -0.3 is 0 Å². The first-order valence-corrected chi connectivity index (χ1v) is 7.76. The minimum absolute atomic E-state index is 0.0363. The normalized spacial score (nSPS) is 18.7. The van der Waals surface area contributed by atoms with E-state index in [4.69, 9.17) is 4.52 Å². The predicted molar refractivity (Wildman–Crippen MR) is 79.4 cm³/mol. The van der Waals surface area contributed by atoms with Crippen LogP contribution in [0, 0.1) is 5.41 Å². The van der Waals surface area contributed by atoms with Crippen molar-refractivity contribution in [1.29, 1.82) is 0 Å². The fourth-order valence-electron chi connectivity index (χ4n) is 1.76. The van der Waals surface area contributed by atoms with Gasteiger partial charge in [0.05, 0.1) is 16.1 Å². The van der Waals surface area contributed by atoms with Gasteiger partial charge in [0.2, 0.25) is 11.2 Å². The maximum Gasteiger partial charge on any atom is 0.305 e. The number of hydrogen-bond donors (Lipinski definition) is 1. The number of carbonyl (C=O) groups is 2. The van der Waals surface area contributed by atoms with E-state index in [1.165, 1.54) is 16.0 Å². The second-order valence-corrected chi connectivity index (χ2v) is 8.20. The number of rotatable bonds is 2. The van der Waals surface area contributed by atoms with Gasteiger partial charge in [0, 0.05) is 11.2 Å². The predicted octanol–water partition coefficient (Wildman–Crippen LogP) is 0.937. The molecule has 0 spiro atoms. The smallest absolute Gasteiger partial charge is 0.288 e. The van der Waals surface area contributed by atoms with Crippen molar-refractivity contribution in [2.24, 2.45) is 5.41 Å². The largest absolute Gasteiger partial charge is 0.305 e. The average Bonchev–Trinajstić information content (AvgIpc) is 2.80. The molecule has 116 valence electrons. The van der Waals surface area contributed by atoms with Crippen LogP contribution in [-0.2, 0) is 9.59 Å². The Balaban J connectivity index is 2.13. The second-order valence-electron chi connectivity index (χ2n) is 6.48. The van der Waals surface area contributed by atoms with Crippen LogP contribution in [-0.4, -0.2) is 34.1 Å². The standard InChI is InChI=1S/C13H20N4O3S/c1-12(2,3)10(18)14-9-8-17(15-20-9)16-6-7-21-13(4,5)11(16)19/h8H,6-7H2,1-5H3/p+1. The van der Waals surface area contributed by atoms with Crippen LogP contribution in [0.1, 0.15) is 34.6 Å². The molecule has 1 aliphatic heterocycles. The van der Waals surface area contributed by atoms with Gasteiger partial charge in [0.1, 0.15) is 0 Å². The first-order valence-electron chi connectivity index (χ1n) is 6.77. The SMILES string of the molecule is CC(C)(C)C(=O)Nc1c[n+](N2CCSC(C)(C)C2=O)no1. The van der Waals surface area contributed by atoms with Gasteiger partial charge in [-0.2, -0.15) is 0 Å². The molecule has 1 N–H and O–H groups in total. The van der Waals surface area contributed by atoms with E-state index in [0.717, 1.165) is 5.75 Å². The van der Waals surface area contributed by atoms with Crippen LogP contribution in [0.15, 0.2) is 10.7 Å². The Morgan fingerprint density at radius 1 is 1.52 bits per heavy atom. The maximum atomic E-state index is 12.4. The average molecular weight is 313 g/mol. The summed E-state index contributed by atoms with van der Waals surface area (Å²) in [6.45, 7) is 9.74. The Morgan fingerprint density at radius 3 is 2.81 bits per heavy atom. The van der Waals surface area contributed by atoms with Gasteiger partial charge in [-0.25, -0.2) is 0 Å². The van der Waals surface area contributed by atoms with Crippen LogP contribution < -0.4 is 15.1 Å². The highest BCUT2D eigenvalue weighted by molar-refractivity contribution is 8.01. The van der Waals surface area contributed by atoms with Gasteiger partial charge in [-0.05, 0) is 13.8 Å². The highest BCUT2D eigenvalue weighted by atomic mass is 32.2. The Hall–Kier alpha value is -1.57. The summed E-state index contributed by atoms with van der Waals surface area (Å²) >= 11 is 1.62. The van der Waals surface area contributed by atoms with E-state index in [-0.39, 0.29) is 17.7 Å². The molecule has 1 saturated heterocycles. The summed E-state index contributed by atoms with van der Waals surface area (Å²) in [6.07, 6.45) is 1.51. The molecule has 0 bridgehead atoms. The number of aromatic nitrogens is 2. The topological polar surface area (TPSA) is 79.3 Å². The molecular formula is C13H21N4O3S+. The van der Waals surface area contributed by atoms with E-state index in [9.17, 15) is 9.59 Å². The van der Waals surface area contributed by atoms with Crippen LogP contribution in [0.2, 0.25) is 0 Å². The van der Waals surface area contributed by atoms with E-state index in [1.807, 2.05) is 13.8 Å². The zero-order valence-electron chi connectivity index (χ0n) is 13.0. The maximum absolute atomic E-state index is 12.4. The van der Waals surface area contributed by atoms with Crippen LogP contribution >= 0.6 is 11.8 Å². The molecular weight excluding hydrogens is 292 g/mol. The van der Waals surface area contributed by atoms with Gasteiger partial charge in [-0.3, -0.25) is 19.4 Å². The first kappa shape index (κ1) is 15.8. The molecule has 7 nitrogen and oxygen atoms in total. The number of nitrogens with one attached hydrogen (secondary N) is 1. The van der Waals surface area contributed by atoms with Gasteiger partial charge in [-0.15, -0.1) is 11.8 Å². The lowest BCUT2D eigenvalue weighted by Crippen LogP contribution is -2.68. The molecule has 1 aliphatic rings. The molecule has 0 aromatic carbocycles. The highest BCUT2D eigenvalue weighted by Crippen LogP contribution is 2.29. The minimum atomic E-state index is -0.531. The summed E-state index contributed by atoms with van der Waals surface area (Å²) in [7, 11) is 0. The first-order chi connectivity index (χ1) is 9.61. The summed E-state index contributed by atoms with van der Waals surface area (Å²) < 4.78 is 4.59. The van der Waals surface area contributed by atoms with Crippen molar-refractivity contribution in [2.45, 2.75) is 39.4 Å². The summed E-state index contributed by atoms with van der Waals surface area (Å²) in [5.74, 6) is 0.832. The van der Waals surface area contributed by atoms with Gasteiger partial charge in [-0.1, -0.05) is 25.8 Å². The lowest BCUT2D eigenvalue weighted by molar-refractivity contribution is -0.749. The molecule has 21 heavy (non-hydrogen) atoms. The zero-order valence-corrected chi connectivity index (χ0v) is 13.8. The van der Waals surface area contributed by atoms with Crippen molar-refractivity contribution < 1.29 is 18.9 Å². The van der Waals surface area contributed by atoms with Crippen molar-refractivity contribution in [3.8, 4) is 0 Å². The molecule has 0 aliphatic carbocycles. The number of carbonyl (C=O) groups excluding carboxylic acids is 2. The monoisotopic (exact) mass is 313 g/mol. The lowest BCUT2D eigenvalue weighted by Gasteiger charge is -2.29. The fourth-order valence-corrected chi connectivity index (χ4v) is 2.77. The van der Waals surface area contributed by atoms with E-state index in [0.29, 0.717) is 6.54 Å². The lowest BCUT2D eigenvalue weighted by atomic mass is 9.96. The van der Waals surface area contributed by atoms with E-state index in [2.05, 4.69) is 10.6 Å². The zero-order chi connectivity index (χ0) is 15.8. The number of anilines is 1. The molecule has 0 saturated carbocycles. The van der Waals surface area contributed by atoms with Gasteiger partial charge in [0.15, 0.2) is 0 Å². The molecule has 0 radical (unpaired) electrons. The molecule has 1 aromatic heterocycles. The third-order valence-corrected chi connectivity index (χ3v) is 4.42. The Kier molecular flexibility index (Phi) is 4.01. The molecule has 0 atom stereocenters. The Morgan fingerprint density at radius 2 is 2.19 bits per heavy atom. The quantitative estimate of drug-likeness (QED) is 0.822. The Labute approximate surface area is 128 Å². The molecule has 2 amide bonds. The van der Waals surface area contributed by atoms with Crippen LogP contribution in [0.3, 0.4) is 0 Å². The third kappa shape index (κ3) is 3.37. The third-order valence-electron chi connectivity index (χ3n) is 3.14. The fraction of sp³-hybridized carbons (Fsp3) is 0.692. The molecule has 0 unspecified atom stereocenters. The van der Waals surface area contributed by atoms with Crippen molar-refractivity contribution >= 4 is 29.5 Å². The molecule has 2 heterocycles. The van der Waals surface area contributed by atoms with Crippen molar-refractivity contribution in [1.82, 2.24) is 5.27 Å². The molecule has 2 rings (SSSR count). The minimum Gasteiger partial charge on any atom is -0.288 e. The summed E-state index contributed by atoms with van der Waals surface area (Å²) in [4.78, 5) is 25.6. The molecule has 1 fully saturated rings. The van der Waals surface area contributed by atoms with Crippen LogP contribution in [0.5, 0.6) is 0 Å². The van der Waals surface area contributed by atoms with Crippen molar-refractivity contribution in [3.63, 3.8) is 0 Å². The summed E-state index contributed by atoms with van der Waals surface area (Å²) in [5.41, 5.74) is -0.531. The molecule has 1 aromatic rings. The summed E-state index contributed by atoms with van der Waals surface area (Å²) in [5, 5.41) is 7.98. The second kappa shape index (κ2) is 5.32. The van der Waals surface area contributed by atoms with E-state index < -0.39 is 10.2 Å². The van der Waals surface area contributed by atoms with E-state index >= 15 is 0 Å². The summed E-state index contributed by atoms with van der Waals surface area (Å²) in [6, 6.07) is 0. The van der Waals surface area contributed by atoms with Crippen molar-refractivity contribution in [3.05, 3.63) is 6.20 Å². The number of hydrogen-bond acceptors (Lipinski definition) is 5. The van der Waals surface area contributed by atoms with Gasteiger partial charge >= 0.3 is 5.88 Å².